The monoisotopic (exact) mass is 321 g/mol. The van der Waals surface area contributed by atoms with Crippen LogP contribution in [0.5, 0.6) is 0 Å². The summed E-state index contributed by atoms with van der Waals surface area (Å²) in [5.74, 6) is -0.815. The van der Waals surface area contributed by atoms with Crippen molar-refractivity contribution in [2.45, 2.75) is 39.7 Å². The molecule has 0 aliphatic carbocycles. The molecule has 7 nitrogen and oxygen atoms in total. The second kappa shape index (κ2) is 9.58. The van der Waals surface area contributed by atoms with Gasteiger partial charge in [0, 0.05) is 24.9 Å². The molecule has 1 unspecified atom stereocenters. The Labute approximate surface area is 135 Å². The normalized spacial score (nSPS) is 15.7. The topological polar surface area (TPSA) is 100 Å². The Morgan fingerprint density at radius 1 is 1.30 bits per heavy atom. The van der Waals surface area contributed by atoms with E-state index in [1.807, 2.05) is 32.9 Å². The predicted molar refractivity (Wildman–Crippen MR) is 86.4 cm³/mol. The summed E-state index contributed by atoms with van der Waals surface area (Å²) in [6.45, 7) is 6.10. The van der Waals surface area contributed by atoms with Crippen molar-refractivity contribution in [2.75, 3.05) is 6.54 Å². The lowest BCUT2D eigenvalue weighted by atomic mass is 10.0. The van der Waals surface area contributed by atoms with Crippen LogP contribution < -0.4 is 10.8 Å². The number of carbonyl (C=O) groups is 2. The molecule has 126 valence electrons. The molecule has 0 aromatic heterocycles. The highest BCUT2D eigenvalue weighted by molar-refractivity contribution is 6.02. The lowest BCUT2D eigenvalue weighted by molar-refractivity contribution is -0.129. The van der Waals surface area contributed by atoms with Gasteiger partial charge in [0.25, 0.3) is 5.91 Å². The lowest BCUT2D eigenvalue weighted by Gasteiger charge is -2.05. The largest absolute Gasteiger partial charge is 0.392 e. The Morgan fingerprint density at radius 2 is 1.96 bits per heavy atom. The van der Waals surface area contributed by atoms with Crippen LogP contribution in [0.1, 0.15) is 49.5 Å². The van der Waals surface area contributed by atoms with Crippen LogP contribution in [-0.2, 0) is 9.63 Å². The number of benzene rings is 1. The van der Waals surface area contributed by atoms with E-state index in [9.17, 15) is 9.59 Å². The first-order chi connectivity index (χ1) is 11.1. The van der Waals surface area contributed by atoms with Crippen LogP contribution in [0.3, 0.4) is 0 Å². The van der Waals surface area contributed by atoms with Gasteiger partial charge in [-0.05, 0) is 24.6 Å². The van der Waals surface area contributed by atoms with E-state index in [2.05, 4.69) is 10.5 Å². The third kappa shape index (κ3) is 5.71. The van der Waals surface area contributed by atoms with Crippen LogP contribution in [0.15, 0.2) is 29.4 Å². The Bertz CT molecular complexity index is 555. The quantitative estimate of drug-likeness (QED) is 0.569. The highest BCUT2D eigenvalue weighted by atomic mass is 16.6. The molecule has 1 aromatic rings. The van der Waals surface area contributed by atoms with Crippen LogP contribution in [0.4, 0.5) is 0 Å². The van der Waals surface area contributed by atoms with Gasteiger partial charge in [0.05, 0.1) is 5.71 Å². The molecule has 7 heteroatoms. The zero-order valence-corrected chi connectivity index (χ0v) is 13.6. The molecule has 0 spiro atoms. The molecule has 3 N–H and O–H groups in total. The SMILES string of the molecule is CC.CC1CC(c2ccc(C(=O)NCCC(=O)NO)cc2)=NO1. The highest BCUT2D eigenvalue weighted by Gasteiger charge is 2.17. The first-order valence-electron chi connectivity index (χ1n) is 7.64. The molecule has 0 saturated carbocycles. The molecule has 2 amide bonds. The Balaban J connectivity index is 0.00000127. The van der Waals surface area contributed by atoms with E-state index in [1.54, 1.807) is 12.1 Å². The first-order valence-corrected chi connectivity index (χ1v) is 7.64. The van der Waals surface area contributed by atoms with Crippen LogP contribution in [0.2, 0.25) is 0 Å². The second-order valence-electron chi connectivity index (χ2n) is 4.78. The fourth-order valence-electron chi connectivity index (χ4n) is 1.93. The van der Waals surface area contributed by atoms with Crippen molar-refractivity contribution in [1.82, 2.24) is 10.8 Å². The van der Waals surface area contributed by atoms with Gasteiger partial charge in [-0.15, -0.1) is 0 Å². The molecule has 1 aliphatic heterocycles. The number of carbonyl (C=O) groups excluding carboxylic acids is 2. The molecular formula is C16H23N3O4. The van der Waals surface area contributed by atoms with Gasteiger partial charge in [0.15, 0.2) is 0 Å². The van der Waals surface area contributed by atoms with Gasteiger partial charge in [0.1, 0.15) is 6.10 Å². The summed E-state index contributed by atoms with van der Waals surface area (Å²) in [5, 5.41) is 14.9. The lowest BCUT2D eigenvalue weighted by Crippen LogP contribution is -2.29. The highest BCUT2D eigenvalue weighted by Crippen LogP contribution is 2.16. The van der Waals surface area contributed by atoms with E-state index in [0.717, 1.165) is 17.7 Å². The molecular weight excluding hydrogens is 298 g/mol. The van der Waals surface area contributed by atoms with Crippen molar-refractivity contribution in [1.29, 1.82) is 0 Å². The van der Waals surface area contributed by atoms with Crippen LogP contribution in [0.25, 0.3) is 0 Å². The minimum Gasteiger partial charge on any atom is -0.392 e. The number of hydrogen-bond donors (Lipinski definition) is 3. The smallest absolute Gasteiger partial charge is 0.251 e. The van der Waals surface area contributed by atoms with E-state index in [0.29, 0.717) is 5.56 Å². The molecule has 0 saturated heterocycles. The van der Waals surface area contributed by atoms with Crippen molar-refractivity contribution in [3.8, 4) is 0 Å². The van der Waals surface area contributed by atoms with Crippen molar-refractivity contribution in [3.63, 3.8) is 0 Å². The molecule has 1 aliphatic rings. The summed E-state index contributed by atoms with van der Waals surface area (Å²) in [6, 6.07) is 7.02. The summed E-state index contributed by atoms with van der Waals surface area (Å²) < 4.78 is 0. The minimum atomic E-state index is -0.543. The van der Waals surface area contributed by atoms with E-state index in [1.165, 1.54) is 5.48 Å². The van der Waals surface area contributed by atoms with Gasteiger partial charge in [-0.3, -0.25) is 14.8 Å². The number of hydrogen-bond acceptors (Lipinski definition) is 5. The van der Waals surface area contributed by atoms with Gasteiger partial charge in [-0.2, -0.15) is 0 Å². The van der Waals surface area contributed by atoms with Crippen molar-refractivity contribution >= 4 is 17.5 Å². The van der Waals surface area contributed by atoms with E-state index >= 15 is 0 Å². The molecule has 1 aromatic carbocycles. The third-order valence-corrected chi connectivity index (χ3v) is 3.07. The number of nitrogens with one attached hydrogen (secondary N) is 2. The molecule has 1 atom stereocenters. The molecule has 0 radical (unpaired) electrons. The average Bonchev–Trinajstić information content (AvgIpc) is 3.03. The Kier molecular flexibility index (Phi) is 7.76. The van der Waals surface area contributed by atoms with Gasteiger partial charge >= 0.3 is 0 Å². The number of hydroxylamine groups is 1. The zero-order valence-electron chi connectivity index (χ0n) is 13.6. The summed E-state index contributed by atoms with van der Waals surface area (Å²) in [7, 11) is 0. The molecule has 0 bridgehead atoms. The maximum atomic E-state index is 11.8. The van der Waals surface area contributed by atoms with E-state index < -0.39 is 5.91 Å². The maximum absolute atomic E-state index is 11.8. The van der Waals surface area contributed by atoms with Crippen LogP contribution in [0, 0.1) is 0 Å². The number of nitrogens with zero attached hydrogens (tertiary/aromatic N) is 1. The van der Waals surface area contributed by atoms with E-state index in [-0.39, 0.29) is 25.0 Å². The minimum absolute atomic E-state index is 0.0202. The molecule has 1 heterocycles. The number of rotatable bonds is 5. The summed E-state index contributed by atoms with van der Waals surface area (Å²) in [5.41, 5.74) is 3.80. The molecule has 2 rings (SSSR count). The molecule has 23 heavy (non-hydrogen) atoms. The first kappa shape index (κ1) is 18.6. The molecule has 0 fully saturated rings. The van der Waals surface area contributed by atoms with Gasteiger partial charge < -0.3 is 10.2 Å². The van der Waals surface area contributed by atoms with Gasteiger partial charge in [-0.1, -0.05) is 31.1 Å². The van der Waals surface area contributed by atoms with Crippen molar-refractivity contribution in [3.05, 3.63) is 35.4 Å². The fourth-order valence-corrected chi connectivity index (χ4v) is 1.93. The average molecular weight is 321 g/mol. The Hall–Kier alpha value is -2.41. The summed E-state index contributed by atoms with van der Waals surface area (Å²) in [4.78, 5) is 27.8. The van der Waals surface area contributed by atoms with Crippen LogP contribution >= 0.6 is 0 Å². The Morgan fingerprint density at radius 3 is 2.48 bits per heavy atom. The van der Waals surface area contributed by atoms with E-state index in [4.69, 9.17) is 10.0 Å². The van der Waals surface area contributed by atoms with Crippen molar-refractivity contribution in [2.24, 2.45) is 5.16 Å². The fraction of sp³-hybridized carbons (Fsp3) is 0.438. The van der Waals surface area contributed by atoms with Gasteiger partial charge in [-0.25, -0.2) is 5.48 Å². The summed E-state index contributed by atoms with van der Waals surface area (Å²) >= 11 is 0. The van der Waals surface area contributed by atoms with Gasteiger partial charge in [0.2, 0.25) is 5.91 Å². The second-order valence-corrected chi connectivity index (χ2v) is 4.78. The predicted octanol–water partition coefficient (Wildman–Crippen LogP) is 1.85. The zero-order chi connectivity index (χ0) is 17.2. The maximum Gasteiger partial charge on any atom is 0.251 e. The van der Waals surface area contributed by atoms with Crippen LogP contribution in [-0.4, -0.2) is 35.4 Å². The third-order valence-electron chi connectivity index (χ3n) is 3.07. The number of oxime groups is 1. The number of amides is 2. The van der Waals surface area contributed by atoms with Crippen molar-refractivity contribution < 1.29 is 19.6 Å². The summed E-state index contributed by atoms with van der Waals surface area (Å²) in [6.07, 6.45) is 0.856. The standard InChI is InChI=1S/C14H17N3O4.C2H6/c1-9-8-12(17-21-9)10-2-4-11(5-3-10)14(19)15-7-6-13(18)16-20;1-2/h2-5,9,20H,6-8H2,1H3,(H,15,19)(H,16,18);1-2H3.